The van der Waals surface area contributed by atoms with E-state index >= 15 is 0 Å². The number of carbonyl (C=O) groups is 1. The number of benzene rings is 1. The number of ether oxygens (including phenoxy) is 1. The molecule has 2 aromatic rings. The summed E-state index contributed by atoms with van der Waals surface area (Å²) in [6.07, 6.45) is 2.16. The number of carbonyl (C=O) groups excluding carboxylic acids is 1. The van der Waals surface area contributed by atoms with Crippen LogP contribution in [0.2, 0.25) is 0 Å². The molecule has 188 valence electrons. The lowest BCUT2D eigenvalue weighted by atomic mass is 9.99. The standard InChI is InChI=1S/C28H36FN3O3/c1-19(2)7-6-8-23-13-25-27(30-14-23)35-26(20(3)15-32(28(25)34)21(4)18-33)17-31(5)16-22-9-11-24(29)12-10-22/h9-14,19-21,26,33H,7,15-18H2,1-5H3/t20-,21+,26+/m1/s1. The Bertz CT molecular complexity index is 1060. The topological polar surface area (TPSA) is 65.9 Å². The Labute approximate surface area is 208 Å². The van der Waals surface area contributed by atoms with Crippen molar-refractivity contribution in [3.63, 3.8) is 0 Å². The minimum absolute atomic E-state index is 0.0101. The molecule has 0 radical (unpaired) electrons. The van der Waals surface area contributed by atoms with E-state index in [1.807, 2.05) is 20.9 Å². The normalized spacial score (nSPS) is 18.9. The van der Waals surface area contributed by atoms with Gasteiger partial charge in [-0.3, -0.25) is 9.69 Å². The maximum Gasteiger partial charge on any atom is 0.259 e. The number of amides is 1. The molecule has 7 heteroatoms. The fraction of sp³-hybridized carbons (Fsp3) is 0.500. The highest BCUT2D eigenvalue weighted by molar-refractivity contribution is 5.97. The van der Waals surface area contributed by atoms with Gasteiger partial charge in [-0.15, -0.1) is 0 Å². The molecule has 1 N–H and O–H groups in total. The molecule has 0 fully saturated rings. The molecule has 0 aliphatic carbocycles. The smallest absolute Gasteiger partial charge is 0.259 e. The predicted octanol–water partition coefficient (Wildman–Crippen LogP) is 3.97. The largest absolute Gasteiger partial charge is 0.472 e. The fourth-order valence-electron chi connectivity index (χ4n) is 4.02. The Balaban J connectivity index is 1.88. The molecule has 2 heterocycles. The minimum atomic E-state index is -0.343. The van der Waals surface area contributed by atoms with Crippen molar-refractivity contribution < 1.29 is 19.0 Å². The summed E-state index contributed by atoms with van der Waals surface area (Å²) in [4.78, 5) is 21.8. The summed E-state index contributed by atoms with van der Waals surface area (Å²) in [7, 11) is 1.99. The number of aliphatic hydroxyl groups excluding tert-OH is 1. The Kier molecular flexibility index (Phi) is 9.25. The van der Waals surface area contributed by atoms with E-state index in [-0.39, 0.29) is 42.3 Å². The van der Waals surface area contributed by atoms with Crippen LogP contribution in [-0.2, 0) is 6.54 Å². The second-order valence-electron chi connectivity index (χ2n) is 9.92. The SMILES string of the molecule is CC(C)CC#Cc1cnc2c(c1)C(=O)N([C@@H](C)CO)C[C@@H](C)[C@H](CN(C)Cc1ccc(F)cc1)O2. The first-order chi connectivity index (χ1) is 16.7. The lowest BCUT2D eigenvalue weighted by Crippen LogP contribution is -2.49. The first-order valence-electron chi connectivity index (χ1n) is 12.2. The van der Waals surface area contributed by atoms with E-state index in [1.165, 1.54) is 12.1 Å². The van der Waals surface area contributed by atoms with E-state index in [0.717, 1.165) is 12.0 Å². The van der Waals surface area contributed by atoms with Crippen LogP contribution in [0, 0.1) is 29.5 Å². The van der Waals surface area contributed by atoms with Crippen molar-refractivity contribution in [2.75, 3.05) is 26.7 Å². The summed E-state index contributed by atoms with van der Waals surface area (Å²) in [5.41, 5.74) is 2.03. The number of aliphatic hydroxyl groups is 1. The number of likely N-dealkylation sites (N-methyl/N-ethyl adjacent to an activating group) is 1. The molecule has 0 saturated carbocycles. The number of halogens is 1. The first-order valence-corrected chi connectivity index (χ1v) is 12.2. The lowest BCUT2D eigenvalue weighted by Gasteiger charge is -2.37. The van der Waals surface area contributed by atoms with E-state index in [4.69, 9.17) is 4.74 Å². The van der Waals surface area contributed by atoms with E-state index in [1.54, 1.807) is 29.3 Å². The Morgan fingerprint density at radius 3 is 2.66 bits per heavy atom. The second kappa shape index (κ2) is 12.1. The molecule has 6 nitrogen and oxygen atoms in total. The summed E-state index contributed by atoms with van der Waals surface area (Å²) < 4.78 is 19.6. The lowest BCUT2D eigenvalue weighted by molar-refractivity contribution is 0.0325. The van der Waals surface area contributed by atoms with Crippen LogP contribution in [-0.4, -0.2) is 64.7 Å². The molecule has 1 amide bonds. The Hall–Kier alpha value is -2.95. The third-order valence-electron chi connectivity index (χ3n) is 6.12. The average Bonchev–Trinajstić information content (AvgIpc) is 2.82. The summed E-state index contributed by atoms with van der Waals surface area (Å²) in [5, 5.41) is 9.82. The zero-order chi connectivity index (χ0) is 25.5. The van der Waals surface area contributed by atoms with Gasteiger partial charge in [0.25, 0.3) is 5.91 Å². The number of hydrogen-bond acceptors (Lipinski definition) is 5. The number of nitrogens with zero attached hydrogens (tertiary/aromatic N) is 3. The molecule has 3 rings (SSSR count). The Morgan fingerprint density at radius 2 is 2.00 bits per heavy atom. The third-order valence-corrected chi connectivity index (χ3v) is 6.12. The van der Waals surface area contributed by atoms with Gasteiger partial charge in [-0.2, -0.15) is 0 Å². The van der Waals surface area contributed by atoms with Crippen molar-refractivity contribution in [2.24, 2.45) is 11.8 Å². The third kappa shape index (κ3) is 7.27. The van der Waals surface area contributed by atoms with Crippen molar-refractivity contribution in [1.29, 1.82) is 0 Å². The maximum absolute atomic E-state index is 13.5. The molecular weight excluding hydrogens is 445 g/mol. The molecule has 1 aliphatic rings. The molecule has 0 saturated heterocycles. The Morgan fingerprint density at radius 1 is 1.29 bits per heavy atom. The maximum atomic E-state index is 13.5. The number of aromatic nitrogens is 1. The minimum Gasteiger partial charge on any atom is -0.472 e. The zero-order valence-electron chi connectivity index (χ0n) is 21.3. The van der Waals surface area contributed by atoms with Crippen LogP contribution in [0.15, 0.2) is 36.5 Å². The molecule has 1 aromatic carbocycles. The highest BCUT2D eigenvalue weighted by atomic mass is 19.1. The molecule has 0 spiro atoms. The van der Waals surface area contributed by atoms with Crippen molar-refractivity contribution in [3.8, 4) is 17.7 Å². The van der Waals surface area contributed by atoms with Gasteiger partial charge in [0.15, 0.2) is 0 Å². The number of rotatable bonds is 7. The van der Waals surface area contributed by atoms with E-state index < -0.39 is 0 Å². The van der Waals surface area contributed by atoms with Crippen LogP contribution < -0.4 is 4.74 Å². The molecule has 0 unspecified atom stereocenters. The predicted molar refractivity (Wildman–Crippen MR) is 134 cm³/mol. The van der Waals surface area contributed by atoms with Gasteiger partial charge in [-0.05, 0) is 43.7 Å². The van der Waals surface area contributed by atoms with Gasteiger partial charge in [0, 0.05) is 43.7 Å². The zero-order valence-corrected chi connectivity index (χ0v) is 21.3. The number of fused-ring (bicyclic) bond motifs is 1. The summed E-state index contributed by atoms with van der Waals surface area (Å²) in [6.45, 7) is 9.61. The summed E-state index contributed by atoms with van der Waals surface area (Å²) in [6, 6.07) is 7.86. The van der Waals surface area contributed by atoms with Crippen LogP contribution in [0.1, 0.15) is 55.6 Å². The molecule has 1 aliphatic heterocycles. The van der Waals surface area contributed by atoms with Crippen LogP contribution in [0.3, 0.4) is 0 Å². The van der Waals surface area contributed by atoms with Crippen LogP contribution in [0.4, 0.5) is 4.39 Å². The average molecular weight is 482 g/mol. The number of pyridine rings is 1. The van der Waals surface area contributed by atoms with Crippen molar-refractivity contribution in [2.45, 2.75) is 52.8 Å². The molecule has 1 aromatic heterocycles. The molecule has 3 atom stereocenters. The van der Waals surface area contributed by atoms with Gasteiger partial charge in [0.2, 0.25) is 5.88 Å². The summed E-state index contributed by atoms with van der Waals surface area (Å²) in [5.74, 6) is 6.50. The van der Waals surface area contributed by atoms with Gasteiger partial charge in [0.1, 0.15) is 17.5 Å². The van der Waals surface area contributed by atoms with Crippen molar-refractivity contribution >= 4 is 5.91 Å². The van der Waals surface area contributed by atoms with E-state index in [0.29, 0.717) is 36.7 Å². The summed E-state index contributed by atoms with van der Waals surface area (Å²) >= 11 is 0. The van der Waals surface area contributed by atoms with Crippen LogP contribution >= 0.6 is 0 Å². The van der Waals surface area contributed by atoms with Gasteiger partial charge < -0.3 is 14.7 Å². The molecule has 0 bridgehead atoms. The number of hydrogen-bond donors (Lipinski definition) is 1. The van der Waals surface area contributed by atoms with Crippen molar-refractivity contribution in [1.82, 2.24) is 14.8 Å². The highest BCUT2D eigenvalue weighted by Crippen LogP contribution is 2.27. The van der Waals surface area contributed by atoms with Crippen LogP contribution in [0.5, 0.6) is 5.88 Å². The fourth-order valence-corrected chi connectivity index (χ4v) is 4.02. The van der Waals surface area contributed by atoms with Gasteiger partial charge in [0.05, 0.1) is 12.6 Å². The second-order valence-corrected chi connectivity index (χ2v) is 9.92. The van der Waals surface area contributed by atoms with Gasteiger partial charge >= 0.3 is 0 Å². The van der Waals surface area contributed by atoms with Gasteiger partial charge in [-0.1, -0.05) is 44.7 Å². The monoisotopic (exact) mass is 481 g/mol. The molecule has 35 heavy (non-hydrogen) atoms. The molecular formula is C28H36FN3O3. The van der Waals surface area contributed by atoms with E-state index in [2.05, 4.69) is 35.6 Å². The van der Waals surface area contributed by atoms with Crippen LogP contribution in [0.25, 0.3) is 0 Å². The first kappa shape index (κ1) is 26.7. The van der Waals surface area contributed by atoms with E-state index in [9.17, 15) is 14.3 Å². The van der Waals surface area contributed by atoms with Gasteiger partial charge in [-0.25, -0.2) is 9.37 Å². The quantitative estimate of drug-likeness (QED) is 0.607. The highest BCUT2D eigenvalue weighted by Gasteiger charge is 2.34. The van der Waals surface area contributed by atoms with Crippen molar-refractivity contribution in [3.05, 3.63) is 59.0 Å².